The third kappa shape index (κ3) is 4.09. The van der Waals surface area contributed by atoms with E-state index < -0.39 is 5.82 Å². The first-order chi connectivity index (χ1) is 14.0. The molecule has 3 aromatic rings. The summed E-state index contributed by atoms with van der Waals surface area (Å²) in [7, 11) is 0. The summed E-state index contributed by atoms with van der Waals surface area (Å²) in [6, 6.07) is 12.7. The summed E-state index contributed by atoms with van der Waals surface area (Å²) < 4.78 is 18.8. The van der Waals surface area contributed by atoms with E-state index in [0.717, 1.165) is 0 Å². The van der Waals surface area contributed by atoms with E-state index in [2.05, 4.69) is 10.3 Å². The lowest BCUT2D eigenvalue weighted by molar-refractivity contribution is 0.0303. The van der Waals surface area contributed by atoms with Crippen LogP contribution in [-0.4, -0.2) is 48.0 Å². The normalized spacial score (nSPS) is 14.1. The van der Waals surface area contributed by atoms with Gasteiger partial charge >= 0.3 is 0 Å². The first kappa shape index (κ1) is 19.0. The van der Waals surface area contributed by atoms with Crippen LogP contribution >= 0.6 is 0 Å². The Kier molecular flexibility index (Phi) is 5.22. The molecule has 0 saturated carbocycles. The minimum Gasteiger partial charge on any atom is -0.378 e. The maximum Gasteiger partial charge on any atom is 0.256 e. The van der Waals surface area contributed by atoms with Crippen molar-refractivity contribution in [2.45, 2.75) is 6.92 Å². The van der Waals surface area contributed by atoms with Crippen LogP contribution in [0.3, 0.4) is 0 Å². The molecule has 2 amide bonds. The van der Waals surface area contributed by atoms with Gasteiger partial charge in [-0.15, -0.1) is 0 Å². The van der Waals surface area contributed by atoms with Crippen molar-refractivity contribution in [1.29, 1.82) is 0 Å². The van der Waals surface area contributed by atoms with E-state index in [9.17, 15) is 14.0 Å². The van der Waals surface area contributed by atoms with Crippen LogP contribution in [0.1, 0.15) is 26.4 Å². The lowest BCUT2D eigenvalue weighted by atomic mass is 10.1. The zero-order chi connectivity index (χ0) is 20.4. The Morgan fingerprint density at radius 2 is 1.90 bits per heavy atom. The molecule has 1 aliphatic rings. The second kappa shape index (κ2) is 7.97. The highest BCUT2D eigenvalue weighted by Crippen LogP contribution is 2.21. The maximum absolute atomic E-state index is 13.5. The largest absolute Gasteiger partial charge is 0.378 e. The number of pyridine rings is 1. The van der Waals surface area contributed by atoms with E-state index in [-0.39, 0.29) is 11.8 Å². The van der Waals surface area contributed by atoms with E-state index in [1.165, 1.54) is 12.1 Å². The van der Waals surface area contributed by atoms with Gasteiger partial charge in [0.1, 0.15) is 5.82 Å². The topological polar surface area (TPSA) is 71.5 Å². The number of morpholine rings is 1. The van der Waals surface area contributed by atoms with Crippen molar-refractivity contribution < 1.29 is 18.7 Å². The minimum absolute atomic E-state index is 0.0925. The molecule has 0 radical (unpaired) electrons. The molecule has 1 N–H and O–H groups in total. The van der Waals surface area contributed by atoms with Gasteiger partial charge in [-0.25, -0.2) is 4.39 Å². The Bertz CT molecular complexity index is 1090. The van der Waals surface area contributed by atoms with Gasteiger partial charge in [-0.2, -0.15) is 0 Å². The van der Waals surface area contributed by atoms with E-state index >= 15 is 0 Å². The summed E-state index contributed by atoms with van der Waals surface area (Å²) in [6.45, 7) is 3.90. The molecule has 1 saturated heterocycles. The summed E-state index contributed by atoms with van der Waals surface area (Å²) in [5, 5.41) is 3.40. The van der Waals surface area contributed by atoms with E-state index in [1.807, 2.05) is 0 Å². The predicted octanol–water partition coefficient (Wildman–Crippen LogP) is 3.41. The third-order valence-corrected chi connectivity index (χ3v) is 4.81. The molecule has 1 fully saturated rings. The van der Waals surface area contributed by atoms with E-state index in [4.69, 9.17) is 4.74 Å². The number of ether oxygens (including phenoxy) is 1. The van der Waals surface area contributed by atoms with Crippen molar-refractivity contribution in [3.05, 3.63) is 71.2 Å². The molecule has 6 nitrogen and oxygen atoms in total. The number of carbonyl (C=O) groups is 2. The van der Waals surface area contributed by atoms with Crippen molar-refractivity contribution in [3.8, 4) is 0 Å². The first-order valence-corrected chi connectivity index (χ1v) is 9.36. The molecule has 0 atom stereocenters. The molecule has 148 valence electrons. The van der Waals surface area contributed by atoms with Crippen molar-refractivity contribution in [2.24, 2.45) is 0 Å². The van der Waals surface area contributed by atoms with Crippen molar-refractivity contribution >= 4 is 28.4 Å². The number of hydrogen-bond acceptors (Lipinski definition) is 4. The zero-order valence-corrected chi connectivity index (χ0v) is 15.9. The molecule has 0 aliphatic carbocycles. The molecular weight excluding hydrogens is 373 g/mol. The summed E-state index contributed by atoms with van der Waals surface area (Å²) >= 11 is 0. The number of fused-ring (bicyclic) bond motifs is 1. The number of halogens is 1. The standard InChI is InChI=1S/C22H20FN3O3/c1-14-11-19(18-6-5-16(23)13-20(18)24-14)21(27)25-17-4-2-3-15(12-17)22(28)26-7-9-29-10-8-26/h2-6,11-13H,7-10H2,1H3,(H,25,27). The fraction of sp³-hybridized carbons (Fsp3) is 0.227. The molecule has 4 rings (SSSR count). The quantitative estimate of drug-likeness (QED) is 0.740. The van der Waals surface area contributed by atoms with Gasteiger partial charge in [0.05, 0.1) is 24.3 Å². The van der Waals surface area contributed by atoms with Gasteiger partial charge in [-0.1, -0.05) is 6.07 Å². The molecule has 1 aromatic heterocycles. The lowest BCUT2D eigenvalue weighted by Crippen LogP contribution is -2.40. The SMILES string of the molecule is Cc1cc(C(=O)Nc2cccc(C(=O)N3CCOCC3)c2)c2ccc(F)cc2n1. The number of benzene rings is 2. The van der Waals surface area contributed by atoms with Gasteiger partial charge in [0.25, 0.3) is 11.8 Å². The Balaban J connectivity index is 1.59. The monoisotopic (exact) mass is 393 g/mol. The molecule has 7 heteroatoms. The molecule has 0 spiro atoms. The van der Waals surface area contributed by atoms with Crippen molar-refractivity contribution in [3.63, 3.8) is 0 Å². The summed E-state index contributed by atoms with van der Waals surface area (Å²) in [6.07, 6.45) is 0. The number of aryl methyl sites for hydroxylation is 1. The van der Waals surface area contributed by atoms with Crippen LogP contribution in [0.2, 0.25) is 0 Å². The van der Waals surface area contributed by atoms with Crippen LogP contribution in [0.15, 0.2) is 48.5 Å². The second-order valence-electron chi connectivity index (χ2n) is 6.91. The Morgan fingerprint density at radius 1 is 1.10 bits per heavy atom. The van der Waals surface area contributed by atoms with Crippen LogP contribution in [0.5, 0.6) is 0 Å². The highest BCUT2D eigenvalue weighted by molar-refractivity contribution is 6.12. The minimum atomic E-state index is -0.406. The Hall–Kier alpha value is -3.32. The fourth-order valence-electron chi connectivity index (χ4n) is 3.40. The van der Waals surface area contributed by atoms with Crippen LogP contribution in [0.25, 0.3) is 10.9 Å². The number of anilines is 1. The van der Waals surface area contributed by atoms with E-state index in [1.54, 1.807) is 48.2 Å². The van der Waals surface area contributed by atoms with Crippen LogP contribution in [-0.2, 0) is 4.74 Å². The van der Waals surface area contributed by atoms with Gasteiger partial charge in [0.2, 0.25) is 0 Å². The molecule has 29 heavy (non-hydrogen) atoms. The van der Waals surface area contributed by atoms with E-state index in [0.29, 0.717) is 59.7 Å². The van der Waals surface area contributed by atoms with Crippen molar-refractivity contribution in [1.82, 2.24) is 9.88 Å². The van der Waals surface area contributed by atoms with Gasteiger partial charge < -0.3 is 15.0 Å². The number of rotatable bonds is 3. The zero-order valence-electron chi connectivity index (χ0n) is 15.9. The van der Waals surface area contributed by atoms with Gasteiger partial charge in [0, 0.05) is 41.5 Å². The molecule has 2 aromatic carbocycles. The Morgan fingerprint density at radius 3 is 2.69 bits per heavy atom. The molecule has 2 heterocycles. The van der Waals surface area contributed by atoms with Crippen molar-refractivity contribution in [2.75, 3.05) is 31.6 Å². The second-order valence-corrected chi connectivity index (χ2v) is 6.91. The van der Waals surface area contributed by atoms with Gasteiger partial charge in [-0.05, 0) is 43.3 Å². The highest BCUT2D eigenvalue weighted by atomic mass is 19.1. The van der Waals surface area contributed by atoms with Gasteiger partial charge in [0.15, 0.2) is 0 Å². The first-order valence-electron chi connectivity index (χ1n) is 9.36. The lowest BCUT2D eigenvalue weighted by Gasteiger charge is -2.27. The van der Waals surface area contributed by atoms with Crippen LogP contribution in [0.4, 0.5) is 10.1 Å². The average molecular weight is 393 g/mol. The summed E-state index contributed by atoms with van der Waals surface area (Å²) in [5.74, 6) is -0.843. The number of carbonyl (C=O) groups excluding carboxylic acids is 2. The Labute approximate surface area is 167 Å². The maximum atomic E-state index is 13.5. The summed E-state index contributed by atoms with van der Waals surface area (Å²) in [5.41, 5.74) is 2.45. The molecular formula is C22H20FN3O3. The number of amides is 2. The highest BCUT2D eigenvalue weighted by Gasteiger charge is 2.19. The molecule has 0 bridgehead atoms. The van der Waals surface area contributed by atoms with Crippen LogP contribution in [0, 0.1) is 12.7 Å². The fourth-order valence-corrected chi connectivity index (χ4v) is 3.40. The number of hydrogen-bond donors (Lipinski definition) is 1. The number of aromatic nitrogens is 1. The third-order valence-electron chi connectivity index (χ3n) is 4.81. The van der Waals surface area contributed by atoms with Crippen LogP contribution < -0.4 is 5.32 Å². The molecule has 1 aliphatic heterocycles. The number of nitrogens with one attached hydrogen (secondary N) is 1. The predicted molar refractivity (Wildman–Crippen MR) is 108 cm³/mol. The number of nitrogens with zero attached hydrogens (tertiary/aromatic N) is 2. The summed E-state index contributed by atoms with van der Waals surface area (Å²) in [4.78, 5) is 31.6. The average Bonchev–Trinajstić information content (AvgIpc) is 2.73. The van der Waals surface area contributed by atoms with Gasteiger partial charge in [-0.3, -0.25) is 14.6 Å². The smallest absolute Gasteiger partial charge is 0.256 e. The molecule has 0 unspecified atom stereocenters.